The van der Waals surface area contributed by atoms with Crippen molar-refractivity contribution in [3.63, 3.8) is 0 Å². The van der Waals surface area contributed by atoms with Crippen LogP contribution in [-0.4, -0.2) is 23.9 Å². The van der Waals surface area contributed by atoms with E-state index < -0.39 is 0 Å². The van der Waals surface area contributed by atoms with Crippen LogP contribution < -0.4 is 16.4 Å². The highest BCUT2D eigenvalue weighted by Gasteiger charge is 2.34. The van der Waals surface area contributed by atoms with Gasteiger partial charge in [0.1, 0.15) is 0 Å². The fraction of sp³-hybridized carbons (Fsp3) is 0.529. The van der Waals surface area contributed by atoms with Crippen LogP contribution in [0.25, 0.3) is 0 Å². The highest BCUT2D eigenvalue weighted by Crippen LogP contribution is 2.29. The van der Waals surface area contributed by atoms with Crippen LogP contribution in [0.1, 0.15) is 50.6 Å². The lowest BCUT2D eigenvalue weighted by Crippen LogP contribution is -2.52. The van der Waals surface area contributed by atoms with Crippen LogP contribution in [0.3, 0.4) is 0 Å². The molecule has 1 atom stereocenters. The van der Waals surface area contributed by atoms with E-state index in [9.17, 15) is 9.59 Å². The summed E-state index contributed by atoms with van der Waals surface area (Å²) in [6.07, 6.45) is 4.26. The molecular formula is C17H24BrN3O2. The highest BCUT2D eigenvalue weighted by molar-refractivity contribution is 9.10. The maximum atomic E-state index is 12.5. The number of hydrogen-bond acceptors (Lipinski definition) is 3. The Balaban J connectivity index is 2.06. The highest BCUT2D eigenvalue weighted by atomic mass is 79.9. The third-order valence-corrected chi connectivity index (χ3v) is 4.92. The van der Waals surface area contributed by atoms with Crippen molar-refractivity contribution in [3.05, 3.63) is 34.3 Å². The second-order valence-corrected chi connectivity index (χ2v) is 7.16. The number of nitrogens with one attached hydrogen (secondary N) is 2. The molecule has 0 heterocycles. The van der Waals surface area contributed by atoms with E-state index >= 15 is 0 Å². The SMILES string of the molecule is CC(=O)NC(CC(=O)NC1(CN)CCCC1)c1ccc(Br)cc1. The maximum absolute atomic E-state index is 12.5. The Labute approximate surface area is 145 Å². The zero-order valence-corrected chi connectivity index (χ0v) is 15.0. The number of carbonyl (C=O) groups is 2. The Morgan fingerprint density at radius 1 is 1.26 bits per heavy atom. The second-order valence-electron chi connectivity index (χ2n) is 6.25. The van der Waals surface area contributed by atoms with E-state index in [4.69, 9.17) is 5.73 Å². The van der Waals surface area contributed by atoms with Crippen LogP contribution in [0.5, 0.6) is 0 Å². The first-order valence-electron chi connectivity index (χ1n) is 7.98. The van der Waals surface area contributed by atoms with Gasteiger partial charge in [-0.05, 0) is 30.5 Å². The largest absolute Gasteiger partial charge is 0.349 e. The summed E-state index contributed by atoms with van der Waals surface area (Å²) >= 11 is 3.39. The van der Waals surface area contributed by atoms with Gasteiger partial charge < -0.3 is 16.4 Å². The molecule has 1 saturated carbocycles. The summed E-state index contributed by atoms with van der Waals surface area (Å²) in [6, 6.07) is 7.29. The fourth-order valence-corrected chi connectivity index (χ4v) is 3.42. The van der Waals surface area contributed by atoms with Gasteiger partial charge in [-0.2, -0.15) is 0 Å². The molecule has 4 N–H and O–H groups in total. The summed E-state index contributed by atoms with van der Waals surface area (Å²) in [4.78, 5) is 23.9. The van der Waals surface area contributed by atoms with Crippen molar-refractivity contribution in [1.82, 2.24) is 10.6 Å². The normalized spacial score (nSPS) is 17.5. The van der Waals surface area contributed by atoms with Crippen LogP contribution in [0.2, 0.25) is 0 Å². The number of halogens is 1. The van der Waals surface area contributed by atoms with Crippen molar-refractivity contribution in [3.8, 4) is 0 Å². The number of hydrogen-bond donors (Lipinski definition) is 3. The first-order chi connectivity index (χ1) is 10.9. The van der Waals surface area contributed by atoms with Crippen molar-refractivity contribution >= 4 is 27.7 Å². The molecule has 1 aliphatic rings. The van der Waals surface area contributed by atoms with Crippen LogP contribution in [0.4, 0.5) is 0 Å². The van der Waals surface area contributed by atoms with Gasteiger partial charge in [-0.3, -0.25) is 9.59 Å². The maximum Gasteiger partial charge on any atom is 0.222 e. The molecule has 6 heteroatoms. The van der Waals surface area contributed by atoms with Gasteiger partial charge in [-0.25, -0.2) is 0 Å². The minimum atomic E-state index is -0.336. The molecule has 0 aliphatic heterocycles. The van der Waals surface area contributed by atoms with Gasteiger partial charge in [-0.1, -0.05) is 40.9 Å². The Hall–Kier alpha value is -1.40. The lowest BCUT2D eigenvalue weighted by molar-refractivity contribution is -0.124. The van der Waals surface area contributed by atoms with Gasteiger partial charge in [0.15, 0.2) is 0 Å². The van der Waals surface area contributed by atoms with E-state index in [1.165, 1.54) is 6.92 Å². The summed E-state index contributed by atoms with van der Waals surface area (Å²) in [5.74, 6) is -0.223. The summed E-state index contributed by atoms with van der Waals surface area (Å²) in [5, 5.41) is 5.96. The lowest BCUT2D eigenvalue weighted by Gasteiger charge is -2.30. The molecule has 1 unspecified atom stereocenters. The minimum Gasteiger partial charge on any atom is -0.349 e. The Morgan fingerprint density at radius 3 is 2.39 bits per heavy atom. The third-order valence-electron chi connectivity index (χ3n) is 4.40. The molecule has 0 saturated heterocycles. The summed E-state index contributed by atoms with van der Waals surface area (Å²) in [6.45, 7) is 1.92. The van der Waals surface area contributed by atoms with Crippen LogP contribution in [0, 0.1) is 0 Å². The van der Waals surface area contributed by atoms with E-state index in [2.05, 4.69) is 26.6 Å². The average molecular weight is 382 g/mol. The van der Waals surface area contributed by atoms with Crippen molar-refractivity contribution < 1.29 is 9.59 Å². The molecule has 1 aromatic rings. The van der Waals surface area contributed by atoms with E-state index in [1.807, 2.05) is 24.3 Å². The first kappa shape index (κ1) is 17.9. The van der Waals surface area contributed by atoms with Gasteiger partial charge in [0.2, 0.25) is 11.8 Å². The van der Waals surface area contributed by atoms with Crippen LogP contribution >= 0.6 is 15.9 Å². The van der Waals surface area contributed by atoms with E-state index in [-0.39, 0.29) is 29.8 Å². The van der Waals surface area contributed by atoms with Crippen LogP contribution in [-0.2, 0) is 9.59 Å². The molecule has 1 fully saturated rings. The smallest absolute Gasteiger partial charge is 0.222 e. The summed E-state index contributed by atoms with van der Waals surface area (Å²) < 4.78 is 0.959. The zero-order valence-electron chi connectivity index (χ0n) is 13.4. The van der Waals surface area contributed by atoms with Gasteiger partial charge >= 0.3 is 0 Å². The van der Waals surface area contributed by atoms with E-state index in [0.29, 0.717) is 6.54 Å². The molecule has 2 amide bonds. The van der Waals surface area contributed by atoms with E-state index in [0.717, 1.165) is 35.7 Å². The summed E-state index contributed by atoms with van der Waals surface area (Å²) in [5.41, 5.74) is 6.51. The quantitative estimate of drug-likeness (QED) is 0.707. The lowest BCUT2D eigenvalue weighted by atomic mass is 9.96. The molecule has 0 radical (unpaired) electrons. The molecule has 2 rings (SSSR count). The third kappa shape index (κ3) is 5.04. The molecule has 126 valence electrons. The van der Waals surface area contributed by atoms with Crippen LogP contribution in [0.15, 0.2) is 28.7 Å². The number of nitrogens with two attached hydrogens (primary N) is 1. The summed E-state index contributed by atoms with van der Waals surface area (Å²) in [7, 11) is 0. The predicted molar refractivity (Wildman–Crippen MR) is 93.7 cm³/mol. The number of amides is 2. The number of carbonyl (C=O) groups excluding carboxylic acids is 2. The molecule has 0 spiro atoms. The molecule has 1 aromatic carbocycles. The molecule has 0 bridgehead atoms. The molecule has 1 aliphatic carbocycles. The fourth-order valence-electron chi connectivity index (χ4n) is 3.16. The van der Waals surface area contributed by atoms with Crippen molar-refractivity contribution in [2.75, 3.05) is 6.54 Å². The number of benzene rings is 1. The van der Waals surface area contributed by atoms with Gasteiger partial charge in [0.05, 0.1) is 18.0 Å². The Morgan fingerprint density at radius 2 is 1.87 bits per heavy atom. The van der Waals surface area contributed by atoms with Crippen molar-refractivity contribution in [1.29, 1.82) is 0 Å². The van der Waals surface area contributed by atoms with Gasteiger partial charge in [-0.15, -0.1) is 0 Å². The molecular weight excluding hydrogens is 358 g/mol. The Bertz CT molecular complexity index is 553. The topological polar surface area (TPSA) is 84.2 Å². The van der Waals surface area contributed by atoms with E-state index in [1.54, 1.807) is 0 Å². The van der Waals surface area contributed by atoms with Crippen molar-refractivity contribution in [2.45, 2.75) is 50.6 Å². The average Bonchev–Trinajstić information content (AvgIpc) is 2.96. The molecule has 23 heavy (non-hydrogen) atoms. The predicted octanol–water partition coefficient (Wildman–Crippen LogP) is 2.40. The molecule has 5 nitrogen and oxygen atoms in total. The zero-order chi connectivity index (χ0) is 16.9. The van der Waals surface area contributed by atoms with Gasteiger partial charge in [0.25, 0.3) is 0 Å². The second kappa shape index (κ2) is 7.93. The first-order valence-corrected chi connectivity index (χ1v) is 8.77. The molecule has 0 aromatic heterocycles. The monoisotopic (exact) mass is 381 g/mol. The van der Waals surface area contributed by atoms with Crippen molar-refractivity contribution in [2.24, 2.45) is 5.73 Å². The number of rotatable bonds is 6. The Kier molecular flexibility index (Phi) is 6.18. The standard InChI is InChI=1S/C17H24BrN3O2/c1-12(22)20-15(13-4-6-14(18)7-5-13)10-16(23)21-17(11-19)8-2-3-9-17/h4-7,15H,2-3,8-11,19H2,1H3,(H,20,22)(H,21,23). The minimum absolute atomic E-state index is 0.0704. The van der Waals surface area contributed by atoms with Gasteiger partial charge in [0, 0.05) is 17.9 Å².